The highest BCUT2D eigenvalue weighted by Gasteiger charge is 2.34. The second-order valence-electron chi connectivity index (χ2n) is 4.66. The summed E-state index contributed by atoms with van der Waals surface area (Å²) in [6.45, 7) is 6.16. The van der Waals surface area contributed by atoms with Crippen molar-refractivity contribution in [3.63, 3.8) is 0 Å². The molecule has 0 saturated carbocycles. The van der Waals surface area contributed by atoms with Gasteiger partial charge < -0.3 is 15.5 Å². The highest BCUT2D eigenvalue weighted by Crippen LogP contribution is 2.38. The van der Waals surface area contributed by atoms with Gasteiger partial charge in [0.25, 0.3) is 0 Å². The summed E-state index contributed by atoms with van der Waals surface area (Å²) in [5, 5.41) is 0. The van der Waals surface area contributed by atoms with E-state index in [-0.39, 0.29) is 5.69 Å². The van der Waals surface area contributed by atoms with Gasteiger partial charge in [0.05, 0.1) is 16.9 Å². The minimum atomic E-state index is -4.40. The molecule has 2 N–H and O–H groups in total. The lowest BCUT2D eigenvalue weighted by Gasteiger charge is -2.36. The number of para-hydroxylation sites is 1. The molecule has 0 bridgehead atoms. The number of nitrogens with zero attached hydrogens (tertiary/aromatic N) is 2. The molecule has 1 heterocycles. The van der Waals surface area contributed by atoms with Gasteiger partial charge in [-0.05, 0) is 18.7 Å². The summed E-state index contributed by atoms with van der Waals surface area (Å²) in [7, 11) is 0. The molecular weight excluding hydrogens is 255 g/mol. The highest BCUT2D eigenvalue weighted by atomic mass is 19.4. The molecule has 0 unspecified atom stereocenters. The van der Waals surface area contributed by atoms with Gasteiger partial charge in [0.1, 0.15) is 0 Å². The van der Waals surface area contributed by atoms with Crippen LogP contribution in [0.5, 0.6) is 0 Å². The van der Waals surface area contributed by atoms with Crippen molar-refractivity contribution < 1.29 is 13.2 Å². The van der Waals surface area contributed by atoms with E-state index in [1.807, 2.05) is 4.90 Å². The second-order valence-corrected chi connectivity index (χ2v) is 4.66. The summed E-state index contributed by atoms with van der Waals surface area (Å²) in [6, 6.07) is 4.11. The van der Waals surface area contributed by atoms with Gasteiger partial charge >= 0.3 is 6.18 Å². The fourth-order valence-electron chi connectivity index (χ4n) is 2.38. The molecule has 0 radical (unpaired) electrons. The topological polar surface area (TPSA) is 32.5 Å². The lowest BCUT2D eigenvalue weighted by molar-refractivity contribution is -0.136. The van der Waals surface area contributed by atoms with Crippen molar-refractivity contribution in [2.45, 2.75) is 13.1 Å². The minimum absolute atomic E-state index is 0.167. The standard InChI is InChI=1S/C13H18F3N3/c1-2-18-6-8-19(9-7-18)11-5-3-4-10(12(11)17)13(14,15)16/h3-5H,2,6-9,17H2,1H3. The third-order valence-electron chi connectivity index (χ3n) is 3.55. The van der Waals surface area contributed by atoms with E-state index in [9.17, 15) is 13.2 Å². The summed E-state index contributed by atoms with van der Waals surface area (Å²) in [5.41, 5.74) is 5.27. The maximum absolute atomic E-state index is 12.8. The van der Waals surface area contributed by atoms with Crippen molar-refractivity contribution in [1.29, 1.82) is 0 Å². The monoisotopic (exact) mass is 273 g/mol. The van der Waals surface area contributed by atoms with Gasteiger partial charge in [-0.1, -0.05) is 13.0 Å². The molecule has 1 saturated heterocycles. The van der Waals surface area contributed by atoms with Crippen LogP contribution in [-0.4, -0.2) is 37.6 Å². The number of nitrogens with two attached hydrogens (primary N) is 1. The normalized spacial score (nSPS) is 17.8. The van der Waals surface area contributed by atoms with Gasteiger partial charge in [-0.3, -0.25) is 0 Å². The fraction of sp³-hybridized carbons (Fsp3) is 0.538. The first kappa shape index (κ1) is 14.0. The Kier molecular flexibility index (Phi) is 3.89. The zero-order valence-corrected chi connectivity index (χ0v) is 10.9. The van der Waals surface area contributed by atoms with Crippen molar-refractivity contribution in [3.8, 4) is 0 Å². The number of nitrogen functional groups attached to an aromatic ring is 1. The predicted molar refractivity (Wildman–Crippen MR) is 70.2 cm³/mol. The van der Waals surface area contributed by atoms with Crippen molar-refractivity contribution in [3.05, 3.63) is 23.8 Å². The minimum Gasteiger partial charge on any atom is -0.397 e. The third kappa shape index (κ3) is 2.94. The third-order valence-corrected chi connectivity index (χ3v) is 3.55. The Bertz CT molecular complexity index is 437. The van der Waals surface area contributed by atoms with Crippen LogP contribution in [0.15, 0.2) is 18.2 Å². The highest BCUT2D eigenvalue weighted by molar-refractivity contribution is 5.72. The van der Waals surface area contributed by atoms with Gasteiger partial charge in [0.2, 0.25) is 0 Å². The van der Waals surface area contributed by atoms with E-state index in [1.54, 1.807) is 6.07 Å². The van der Waals surface area contributed by atoms with Crippen molar-refractivity contribution in [2.24, 2.45) is 0 Å². The molecule has 0 aromatic heterocycles. The number of rotatable bonds is 2. The Labute approximate surface area is 110 Å². The smallest absolute Gasteiger partial charge is 0.397 e. The van der Waals surface area contributed by atoms with E-state index in [0.717, 1.165) is 25.7 Å². The first-order chi connectivity index (χ1) is 8.93. The number of anilines is 2. The average Bonchev–Trinajstić information content (AvgIpc) is 2.38. The number of halogens is 3. The molecule has 1 aromatic carbocycles. The van der Waals surface area contributed by atoms with E-state index < -0.39 is 11.7 Å². The van der Waals surface area contributed by atoms with E-state index in [4.69, 9.17) is 5.73 Å². The molecule has 0 amide bonds. The van der Waals surface area contributed by atoms with Crippen LogP contribution in [0.25, 0.3) is 0 Å². The van der Waals surface area contributed by atoms with Crippen molar-refractivity contribution in [2.75, 3.05) is 43.4 Å². The predicted octanol–water partition coefficient (Wildman–Crippen LogP) is 2.43. The van der Waals surface area contributed by atoms with Crippen LogP contribution in [0.3, 0.4) is 0 Å². The molecule has 1 aliphatic rings. The van der Waals surface area contributed by atoms with E-state index in [0.29, 0.717) is 18.8 Å². The van der Waals surface area contributed by atoms with Crippen LogP contribution in [-0.2, 0) is 6.18 Å². The first-order valence-corrected chi connectivity index (χ1v) is 6.36. The fourth-order valence-corrected chi connectivity index (χ4v) is 2.38. The Hall–Kier alpha value is -1.43. The Morgan fingerprint density at radius 3 is 2.32 bits per heavy atom. The van der Waals surface area contributed by atoms with Crippen LogP contribution >= 0.6 is 0 Å². The molecule has 3 nitrogen and oxygen atoms in total. The molecule has 6 heteroatoms. The molecule has 1 aliphatic heterocycles. The number of hydrogen-bond acceptors (Lipinski definition) is 3. The van der Waals surface area contributed by atoms with E-state index in [2.05, 4.69) is 11.8 Å². The van der Waals surface area contributed by atoms with Crippen LogP contribution in [0.4, 0.5) is 24.5 Å². The van der Waals surface area contributed by atoms with Crippen LogP contribution in [0.2, 0.25) is 0 Å². The van der Waals surface area contributed by atoms with Gasteiger partial charge in [-0.15, -0.1) is 0 Å². The van der Waals surface area contributed by atoms with Crippen molar-refractivity contribution >= 4 is 11.4 Å². The molecule has 1 aromatic rings. The molecule has 1 fully saturated rings. The molecule has 0 aliphatic carbocycles. The molecule has 0 spiro atoms. The van der Waals surface area contributed by atoms with Gasteiger partial charge in [0.15, 0.2) is 0 Å². The molecule has 0 atom stereocenters. The van der Waals surface area contributed by atoms with Crippen LogP contribution in [0, 0.1) is 0 Å². The van der Waals surface area contributed by atoms with Crippen molar-refractivity contribution in [1.82, 2.24) is 4.90 Å². The molecule has 106 valence electrons. The number of alkyl halides is 3. The zero-order chi connectivity index (χ0) is 14.0. The Morgan fingerprint density at radius 1 is 1.16 bits per heavy atom. The van der Waals surface area contributed by atoms with Crippen LogP contribution in [0.1, 0.15) is 12.5 Å². The average molecular weight is 273 g/mol. The summed E-state index contributed by atoms with van der Waals surface area (Å²) in [5.74, 6) is 0. The Morgan fingerprint density at radius 2 is 1.79 bits per heavy atom. The molecule has 2 rings (SSSR count). The zero-order valence-electron chi connectivity index (χ0n) is 10.9. The lowest BCUT2D eigenvalue weighted by Crippen LogP contribution is -2.46. The number of benzene rings is 1. The number of piperazine rings is 1. The second kappa shape index (κ2) is 5.28. The van der Waals surface area contributed by atoms with Gasteiger partial charge in [-0.25, -0.2) is 0 Å². The maximum atomic E-state index is 12.8. The summed E-state index contributed by atoms with van der Waals surface area (Å²) < 4.78 is 38.4. The van der Waals surface area contributed by atoms with E-state index in [1.165, 1.54) is 6.07 Å². The maximum Gasteiger partial charge on any atom is 0.418 e. The number of likely N-dealkylation sites (N-methyl/N-ethyl adjacent to an activating group) is 1. The van der Waals surface area contributed by atoms with E-state index >= 15 is 0 Å². The number of hydrogen-bond donors (Lipinski definition) is 1. The Balaban J connectivity index is 2.22. The first-order valence-electron chi connectivity index (χ1n) is 6.36. The van der Waals surface area contributed by atoms with Crippen LogP contribution < -0.4 is 10.6 Å². The molecular formula is C13H18F3N3. The summed E-state index contributed by atoms with van der Waals surface area (Å²) in [6.07, 6.45) is -4.40. The quantitative estimate of drug-likeness (QED) is 0.840. The summed E-state index contributed by atoms with van der Waals surface area (Å²) in [4.78, 5) is 4.19. The molecule has 19 heavy (non-hydrogen) atoms. The van der Waals surface area contributed by atoms with Gasteiger partial charge in [0, 0.05) is 26.2 Å². The largest absolute Gasteiger partial charge is 0.418 e. The van der Waals surface area contributed by atoms with Gasteiger partial charge in [-0.2, -0.15) is 13.2 Å². The summed E-state index contributed by atoms with van der Waals surface area (Å²) >= 11 is 0. The lowest BCUT2D eigenvalue weighted by atomic mass is 10.1. The SMILES string of the molecule is CCN1CCN(c2cccc(C(F)(F)F)c2N)CC1.